The van der Waals surface area contributed by atoms with Crippen LogP contribution in [-0.4, -0.2) is 11.7 Å². The smallest absolute Gasteiger partial charge is 0.159 e. The van der Waals surface area contributed by atoms with Gasteiger partial charge in [-0.15, -0.1) is 11.3 Å². The number of rotatable bonds is 5. The predicted molar refractivity (Wildman–Crippen MR) is 254 cm³/mol. The van der Waals surface area contributed by atoms with Gasteiger partial charge in [0.1, 0.15) is 34.3 Å². The molecule has 1 aliphatic heterocycles. The number of benzene rings is 9. The van der Waals surface area contributed by atoms with Crippen LogP contribution in [-0.2, 0) is 0 Å². The van der Waals surface area contributed by atoms with Gasteiger partial charge in [0.05, 0.1) is 0 Å². The Kier molecular flexibility index (Phi) is 7.47. The summed E-state index contributed by atoms with van der Waals surface area (Å²) in [5.41, 5.74) is 11.0. The Balaban J connectivity index is 0.969. The van der Waals surface area contributed by atoms with Crippen LogP contribution in [0.15, 0.2) is 207 Å². The number of amidine groups is 2. The summed E-state index contributed by atoms with van der Waals surface area (Å²) in [5, 5.41) is 12.8. The van der Waals surface area contributed by atoms with Crippen molar-refractivity contribution >= 4 is 97.8 Å². The van der Waals surface area contributed by atoms with E-state index in [-0.39, 0.29) is 6.17 Å². The number of para-hydroxylation sites is 1. The number of hydrogen-bond donors (Lipinski definition) is 1. The second-order valence-electron chi connectivity index (χ2n) is 15.7. The third-order valence-corrected chi connectivity index (χ3v) is 13.3. The normalized spacial score (nSPS) is 14.4. The lowest BCUT2D eigenvalue weighted by Crippen LogP contribution is -2.33. The van der Waals surface area contributed by atoms with E-state index >= 15 is 0 Å². The molecule has 0 aliphatic carbocycles. The second-order valence-corrected chi connectivity index (χ2v) is 16.7. The van der Waals surface area contributed by atoms with Crippen LogP contribution in [0.3, 0.4) is 0 Å². The average molecular weight is 800 g/mol. The molecule has 61 heavy (non-hydrogen) atoms. The highest BCUT2D eigenvalue weighted by Gasteiger charge is 2.24. The fourth-order valence-corrected chi connectivity index (χ4v) is 10.4. The van der Waals surface area contributed by atoms with E-state index in [9.17, 15) is 0 Å². The first kappa shape index (κ1) is 34.1. The summed E-state index contributed by atoms with van der Waals surface area (Å²) in [6, 6.07) is 66.2. The van der Waals surface area contributed by atoms with Crippen LogP contribution in [0.1, 0.15) is 22.9 Å². The van der Waals surface area contributed by atoms with Crippen molar-refractivity contribution in [2.24, 2.45) is 9.98 Å². The van der Waals surface area contributed by atoms with Gasteiger partial charge in [-0.1, -0.05) is 133 Å². The molecule has 1 aliphatic rings. The van der Waals surface area contributed by atoms with Crippen molar-refractivity contribution in [2.45, 2.75) is 6.17 Å². The van der Waals surface area contributed by atoms with Crippen molar-refractivity contribution in [3.8, 4) is 22.3 Å². The molecule has 6 heteroatoms. The van der Waals surface area contributed by atoms with Crippen LogP contribution < -0.4 is 5.32 Å². The highest BCUT2D eigenvalue weighted by Crippen LogP contribution is 2.43. The molecule has 4 heterocycles. The van der Waals surface area contributed by atoms with Crippen molar-refractivity contribution < 1.29 is 8.83 Å². The van der Waals surface area contributed by atoms with Gasteiger partial charge < -0.3 is 14.2 Å². The monoisotopic (exact) mass is 799 g/mol. The molecule has 9 aromatic carbocycles. The van der Waals surface area contributed by atoms with E-state index in [1.807, 2.05) is 35.6 Å². The van der Waals surface area contributed by atoms with Gasteiger partial charge in [0.15, 0.2) is 5.84 Å². The van der Waals surface area contributed by atoms with Gasteiger partial charge in [0.2, 0.25) is 0 Å². The first-order valence-corrected chi connectivity index (χ1v) is 21.3. The van der Waals surface area contributed by atoms with Crippen molar-refractivity contribution in [3.63, 3.8) is 0 Å². The zero-order valence-corrected chi connectivity index (χ0v) is 33.4. The van der Waals surface area contributed by atoms with Gasteiger partial charge in [0, 0.05) is 52.8 Å². The maximum absolute atomic E-state index is 6.57. The van der Waals surface area contributed by atoms with Gasteiger partial charge in [0.25, 0.3) is 0 Å². The van der Waals surface area contributed by atoms with E-state index in [0.717, 1.165) is 99.4 Å². The Morgan fingerprint density at radius 2 is 1.02 bits per heavy atom. The Morgan fingerprint density at radius 1 is 0.410 bits per heavy atom. The number of fused-ring (bicyclic) bond motifs is 10. The fourth-order valence-electron chi connectivity index (χ4n) is 9.36. The Labute approximate surface area is 353 Å². The molecule has 12 aromatic rings. The lowest BCUT2D eigenvalue weighted by Gasteiger charge is -2.24. The van der Waals surface area contributed by atoms with Gasteiger partial charge in [-0.2, -0.15) is 0 Å². The predicted octanol–water partition coefficient (Wildman–Crippen LogP) is 14.8. The summed E-state index contributed by atoms with van der Waals surface area (Å²) in [5.74, 6) is 1.49. The second kappa shape index (κ2) is 13.4. The quantitative estimate of drug-likeness (QED) is 0.189. The topological polar surface area (TPSA) is 63.0 Å². The molecule has 1 atom stereocenters. The summed E-state index contributed by atoms with van der Waals surface area (Å²) in [6.45, 7) is 0. The number of hydrogen-bond acceptors (Lipinski definition) is 6. The molecule has 1 unspecified atom stereocenters. The SMILES string of the molecule is c1ccc(C2N=C(c3ccc4sc5ccccc5c4c3)N=C(c3ccc(-c4cccc5oc6ccc(-c7cccc8oc9ccccc9c78)cc6c45)c4ccccc34)N2)cc1. The molecule has 13 rings (SSSR count). The van der Waals surface area contributed by atoms with Crippen LogP contribution in [0, 0.1) is 0 Å². The zero-order chi connectivity index (χ0) is 40.0. The standard InChI is InChI=1S/C55H33N3O2S/c1-2-12-32(13-3-1)53-56-54(34-25-29-50-43(31-34)39-16-7-9-23-49(39)61-50)58-55(57-53)41-27-26-38(36-14-4-5-15-37(36)41)40-19-11-22-48-52(40)44-30-33(24-28-46(44)60-48)35-18-10-21-47-51(35)42-17-6-8-20-45(42)59-47/h1-31,53H,(H,56,57,58). The molecule has 0 radical (unpaired) electrons. The highest BCUT2D eigenvalue weighted by atomic mass is 32.1. The number of nitrogens with zero attached hydrogens (tertiary/aromatic N) is 2. The van der Waals surface area contributed by atoms with E-state index in [2.05, 4.69) is 169 Å². The molecule has 1 N–H and O–H groups in total. The highest BCUT2D eigenvalue weighted by molar-refractivity contribution is 7.25. The number of furan rings is 2. The first-order valence-electron chi connectivity index (χ1n) is 20.5. The minimum atomic E-state index is -0.316. The van der Waals surface area contributed by atoms with Gasteiger partial charge in [-0.25, -0.2) is 9.98 Å². The van der Waals surface area contributed by atoms with E-state index in [0.29, 0.717) is 5.84 Å². The Morgan fingerprint density at radius 3 is 1.85 bits per heavy atom. The summed E-state index contributed by atoms with van der Waals surface area (Å²) in [4.78, 5) is 10.6. The van der Waals surface area contributed by atoms with Crippen LogP contribution in [0.25, 0.3) is 97.1 Å². The minimum Gasteiger partial charge on any atom is -0.456 e. The fraction of sp³-hybridized carbons (Fsp3) is 0.0182. The van der Waals surface area contributed by atoms with Crippen LogP contribution in [0.2, 0.25) is 0 Å². The maximum atomic E-state index is 6.57. The van der Waals surface area contributed by atoms with Gasteiger partial charge in [-0.3, -0.25) is 0 Å². The molecule has 286 valence electrons. The van der Waals surface area contributed by atoms with Crippen LogP contribution in [0.4, 0.5) is 0 Å². The minimum absolute atomic E-state index is 0.316. The van der Waals surface area contributed by atoms with Crippen LogP contribution in [0.5, 0.6) is 0 Å². The van der Waals surface area contributed by atoms with Crippen molar-refractivity contribution in [1.29, 1.82) is 0 Å². The Hall–Kier alpha value is -7.80. The van der Waals surface area contributed by atoms with Gasteiger partial charge >= 0.3 is 0 Å². The van der Waals surface area contributed by atoms with E-state index < -0.39 is 0 Å². The van der Waals surface area contributed by atoms with Crippen molar-refractivity contribution in [2.75, 3.05) is 0 Å². The van der Waals surface area contributed by atoms with E-state index in [4.69, 9.17) is 18.8 Å². The number of nitrogens with one attached hydrogen (secondary N) is 1. The van der Waals surface area contributed by atoms with Gasteiger partial charge in [-0.05, 0) is 93.2 Å². The van der Waals surface area contributed by atoms with Crippen LogP contribution >= 0.6 is 11.3 Å². The zero-order valence-electron chi connectivity index (χ0n) is 32.6. The Bertz CT molecular complexity index is 3810. The summed E-state index contributed by atoms with van der Waals surface area (Å²) < 4.78 is 15.4. The third kappa shape index (κ3) is 5.39. The molecule has 5 nitrogen and oxygen atoms in total. The molecule has 0 saturated heterocycles. The van der Waals surface area contributed by atoms with Crippen molar-refractivity contribution in [1.82, 2.24) is 5.32 Å². The molecular weight excluding hydrogens is 767 g/mol. The van der Waals surface area contributed by atoms with Crippen molar-refractivity contribution in [3.05, 3.63) is 205 Å². The maximum Gasteiger partial charge on any atom is 0.159 e. The molecule has 0 bridgehead atoms. The lowest BCUT2D eigenvalue weighted by molar-refractivity contribution is 0.669. The molecular formula is C55H33N3O2S. The molecule has 0 fully saturated rings. The largest absolute Gasteiger partial charge is 0.456 e. The molecule has 3 aromatic heterocycles. The molecule has 0 spiro atoms. The summed E-state index contributed by atoms with van der Waals surface area (Å²) in [7, 11) is 0. The number of thiophene rings is 1. The van der Waals surface area contributed by atoms with E-state index in [1.165, 1.54) is 20.2 Å². The third-order valence-electron chi connectivity index (χ3n) is 12.2. The first-order chi connectivity index (χ1) is 30.2. The average Bonchev–Trinajstić information content (AvgIpc) is 4.02. The lowest BCUT2D eigenvalue weighted by atomic mass is 9.91. The summed E-state index contributed by atoms with van der Waals surface area (Å²) >= 11 is 1.82. The summed E-state index contributed by atoms with van der Waals surface area (Å²) in [6.07, 6.45) is -0.316. The molecule has 0 amide bonds. The number of aliphatic imine (C=N–C) groups is 2. The van der Waals surface area contributed by atoms with E-state index in [1.54, 1.807) is 0 Å². The molecule has 0 saturated carbocycles.